The van der Waals surface area contributed by atoms with Gasteiger partial charge in [-0.1, -0.05) is 38.5 Å². The SMILES string of the molecule is Cc1ccc(NC(=O)Nc2cc(C(C)(C)C)sc2Br)cc1. The highest BCUT2D eigenvalue weighted by Gasteiger charge is 2.19. The van der Waals surface area contributed by atoms with Crippen molar-refractivity contribution in [3.05, 3.63) is 44.6 Å². The number of hydrogen-bond acceptors (Lipinski definition) is 2. The fourth-order valence-electron chi connectivity index (χ4n) is 1.75. The van der Waals surface area contributed by atoms with Crippen molar-refractivity contribution in [2.24, 2.45) is 0 Å². The Labute approximate surface area is 137 Å². The molecule has 0 radical (unpaired) electrons. The average molecular weight is 367 g/mol. The van der Waals surface area contributed by atoms with E-state index in [0.717, 1.165) is 20.7 Å². The molecule has 21 heavy (non-hydrogen) atoms. The van der Waals surface area contributed by atoms with E-state index in [1.165, 1.54) is 4.88 Å². The van der Waals surface area contributed by atoms with E-state index in [0.29, 0.717) is 0 Å². The number of carbonyl (C=O) groups excluding carboxylic acids is 1. The molecule has 0 unspecified atom stereocenters. The van der Waals surface area contributed by atoms with E-state index in [9.17, 15) is 4.79 Å². The van der Waals surface area contributed by atoms with Crippen molar-refractivity contribution in [3.63, 3.8) is 0 Å². The van der Waals surface area contributed by atoms with Crippen LogP contribution in [0.2, 0.25) is 0 Å². The molecule has 0 saturated heterocycles. The van der Waals surface area contributed by atoms with E-state index in [1.807, 2.05) is 37.3 Å². The molecule has 5 heteroatoms. The quantitative estimate of drug-likeness (QED) is 0.696. The summed E-state index contributed by atoms with van der Waals surface area (Å²) in [5, 5.41) is 5.71. The second-order valence-corrected chi connectivity index (χ2v) is 8.36. The Hall–Kier alpha value is -1.33. The van der Waals surface area contributed by atoms with Gasteiger partial charge in [0.1, 0.15) is 0 Å². The van der Waals surface area contributed by atoms with Crippen LogP contribution in [0.1, 0.15) is 31.2 Å². The largest absolute Gasteiger partial charge is 0.323 e. The molecular weight excluding hydrogens is 348 g/mol. The lowest BCUT2D eigenvalue weighted by Crippen LogP contribution is -2.19. The summed E-state index contributed by atoms with van der Waals surface area (Å²) >= 11 is 5.15. The van der Waals surface area contributed by atoms with Crippen LogP contribution in [0.15, 0.2) is 34.1 Å². The molecule has 0 fully saturated rings. The molecule has 1 aromatic heterocycles. The standard InChI is InChI=1S/C16H19BrN2OS/c1-10-5-7-11(8-6-10)18-15(20)19-12-9-13(16(2,3)4)21-14(12)17/h5-9H,1-4H3,(H2,18,19,20). The first-order valence-electron chi connectivity index (χ1n) is 6.70. The highest BCUT2D eigenvalue weighted by molar-refractivity contribution is 9.11. The minimum absolute atomic E-state index is 0.0700. The fourth-order valence-corrected chi connectivity index (χ4v) is 3.38. The molecule has 0 aliphatic carbocycles. The van der Waals surface area contributed by atoms with E-state index in [-0.39, 0.29) is 11.4 Å². The molecule has 1 aromatic carbocycles. The van der Waals surface area contributed by atoms with Gasteiger partial charge in [0.2, 0.25) is 0 Å². The number of hydrogen-bond donors (Lipinski definition) is 2. The molecule has 0 bridgehead atoms. The number of amides is 2. The first-order valence-corrected chi connectivity index (χ1v) is 8.31. The summed E-state index contributed by atoms with van der Waals surface area (Å²) in [6.07, 6.45) is 0. The van der Waals surface area contributed by atoms with Crippen molar-refractivity contribution in [1.82, 2.24) is 0 Å². The lowest BCUT2D eigenvalue weighted by Gasteiger charge is -2.15. The van der Waals surface area contributed by atoms with Crippen LogP contribution in [0.4, 0.5) is 16.2 Å². The molecule has 2 N–H and O–H groups in total. The maximum Gasteiger partial charge on any atom is 0.323 e. The summed E-state index contributed by atoms with van der Waals surface area (Å²) < 4.78 is 0.937. The normalized spacial score (nSPS) is 11.3. The summed E-state index contributed by atoms with van der Waals surface area (Å²) in [5.41, 5.74) is 2.81. The van der Waals surface area contributed by atoms with Crippen LogP contribution in [0.25, 0.3) is 0 Å². The van der Waals surface area contributed by atoms with Crippen molar-refractivity contribution in [3.8, 4) is 0 Å². The Morgan fingerprint density at radius 1 is 1.14 bits per heavy atom. The number of urea groups is 1. The summed E-state index contributed by atoms with van der Waals surface area (Å²) in [4.78, 5) is 13.3. The van der Waals surface area contributed by atoms with Crippen molar-refractivity contribution in [2.45, 2.75) is 33.1 Å². The predicted molar refractivity (Wildman–Crippen MR) is 94.5 cm³/mol. The third-order valence-electron chi connectivity index (χ3n) is 2.98. The second kappa shape index (κ2) is 6.20. The van der Waals surface area contributed by atoms with Gasteiger partial charge in [-0.25, -0.2) is 4.79 Å². The van der Waals surface area contributed by atoms with Gasteiger partial charge in [0, 0.05) is 10.6 Å². The molecule has 1 heterocycles. The van der Waals surface area contributed by atoms with Gasteiger partial charge in [-0.2, -0.15) is 0 Å². The molecule has 0 spiro atoms. The van der Waals surface area contributed by atoms with Gasteiger partial charge in [-0.05, 0) is 46.5 Å². The van der Waals surface area contributed by atoms with Crippen molar-refractivity contribution in [1.29, 1.82) is 0 Å². The molecule has 2 aromatic rings. The number of nitrogens with one attached hydrogen (secondary N) is 2. The lowest BCUT2D eigenvalue weighted by molar-refractivity contribution is 0.262. The molecule has 2 rings (SSSR count). The van der Waals surface area contributed by atoms with E-state index >= 15 is 0 Å². The zero-order valence-corrected chi connectivity index (χ0v) is 15.0. The third-order valence-corrected chi connectivity index (χ3v) is 5.25. The maximum absolute atomic E-state index is 12.0. The molecule has 112 valence electrons. The zero-order valence-electron chi connectivity index (χ0n) is 12.6. The fraction of sp³-hybridized carbons (Fsp3) is 0.312. The van der Waals surface area contributed by atoms with Crippen LogP contribution < -0.4 is 10.6 Å². The Kier molecular flexibility index (Phi) is 4.74. The molecule has 0 aliphatic rings. The maximum atomic E-state index is 12.0. The molecule has 0 saturated carbocycles. The molecule has 3 nitrogen and oxygen atoms in total. The van der Waals surface area contributed by atoms with Crippen LogP contribution in [0, 0.1) is 6.92 Å². The summed E-state index contributed by atoms with van der Waals surface area (Å²) in [6.45, 7) is 8.48. The Morgan fingerprint density at radius 3 is 2.29 bits per heavy atom. The van der Waals surface area contributed by atoms with Crippen molar-refractivity contribution < 1.29 is 4.79 Å². The van der Waals surface area contributed by atoms with Crippen molar-refractivity contribution >= 4 is 44.7 Å². The summed E-state index contributed by atoms with van der Waals surface area (Å²) in [5.74, 6) is 0. The number of anilines is 2. The smallest absolute Gasteiger partial charge is 0.308 e. The van der Waals surface area contributed by atoms with Gasteiger partial charge in [-0.3, -0.25) is 0 Å². The highest BCUT2D eigenvalue weighted by Crippen LogP contribution is 2.38. The van der Waals surface area contributed by atoms with E-state index < -0.39 is 0 Å². The van der Waals surface area contributed by atoms with Crippen LogP contribution in [0.5, 0.6) is 0 Å². The van der Waals surface area contributed by atoms with Crippen LogP contribution in [0.3, 0.4) is 0 Å². The Morgan fingerprint density at radius 2 is 1.76 bits per heavy atom. The second-order valence-electron chi connectivity index (χ2n) is 5.99. The Balaban J connectivity index is 2.06. The number of benzene rings is 1. The number of aryl methyl sites for hydroxylation is 1. The van der Waals surface area contributed by atoms with Gasteiger partial charge < -0.3 is 10.6 Å². The lowest BCUT2D eigenvalue weighted by atomic mass is 9.95. The van der Waals surface area contributed by atoms with Gasteiger partial charge in [0.15, 0.2) is 0 Å². The van der Waals surface area contributed by atoms with E-state index in [4.69, 9.17) is 0 Å². The zero-order chi connectivity index (χ0) is 15.6. The van der Waals surface area contributed by atoms with Gasteiger partial charge in [0.05, 0.1) is 9.47 Å². The van der Waals surface area contributed by atoms with Gasteiger partial charge in [-0.15, -0.1) is 11.3 Å². The molecular formula is C16H19BrN2OS. The minimum atomic E-state index is -0.238. The summed E-state index contributed by atoms with van der Waals surface area (Å²) in [6, 6.07) is 9.49. The first kappa shape index (κ1) is 16.0. The van der Waals surface area contributed by atoms with Crippen LogP contribution in [-0.4, -0.2) is 6.03 Å². The van der Waals surface area contributed by atoms with Crippen LogP contribution >= 0.6 is 27.3 Å². The molecule has 2 amide bonds. The van der Waals surface area contributed by atoms with Gasteiger partial charge in [0.25, 0.3) is 0 Å². The molecule has 0 atom stereocenters. The predicted octanol–water partition coefficient (Wildman–Crippen LogP) is 5.76. The number of rotatable bonds is 2. The van der Waals surface area contributed by atoms with E-state index in [2.05, 4.69) is 47.3 Å². The van der Waals surface area contributed by atoms with Crippen LogP contribution in [-0.2, 0) is 5.41 Å². The monoisotopic (exact) mass is 366 g/mol. The average Bonchev–Trinajstić information content (AvgIpc) is 2.74. The third kappa shape index (κ3) is 4.32. The number of thiophene rings is 1. The summed E-state index contributed by atoms with van der Waals surface area (Å²) in [7, 11) is 0. The number of halogens is 1. The highest BCUT2D eigenvalue weighted by atomic mass is 79.9. The number of carbonyl (C=O) groups is 1. The Bertz CT molecular complexity index is 641. The first-order chi connectivity index (χ1) is 9.75. The topological polar surface area (TPSA) is 41.1 Å². The minimum Gasteiger partial charge on any atom is -0.308 e. The van der Waals surface area contributed by atoms with Crippen molar-refractivity contribution in [2.75, 3.05) is 10.6 Å². The van der Waals surface area contributed by atoms with Gasteiger partial charge >= 0.3 is 6.03 Å². The van der Waals surface area contributed by atoms with E-state index in [1.54, 1.807) is 11.3 Å². The molecule has 0 aliphatic heterocycles.